The number of piperazine rings is 1. The molecule has 2 saturated heterocycles. The lowest BCUT2D eigenvalue weighted by molar-refractivity contribution is -0.138. The Bertz CT molecular complexity index is 464. The molecule has 0 aromatic rings. The highest BCUT2D eigenvalue weighted by atomic mass is 16.3. The fraction of sp³-hybridized carbons (Fsp3) is 0.800. The average molecular weight is 326 g/mol. The van der Waals surface area contributed by atoms with Gasteiger partial charge in [0.2, 0.25) is 5.91 Å². The van der Waals surface area contributed by atoms with E-state index in [0.717, 1.165) is 4.90 Å². The molecule has 0 aromatic heterocycles. The lowest BCUT2D eigenvalue weighted by atomic mass is 9.89. The van der Waals surface area contributed by atoms with Crippen LogP contribution in [0.25, 0.3) is 0 Å². The molecule has 0 radical (unpaired) electrons. The van der Waals surface area contributed by atoms with Gasteiger partial charge in [-0.1, -0.05) is 20.8 Å². The molecule has 2 rings (SSSR count). The van der Waals surface area contributed by atoms with Gasteiger partial charge in [-0.25, -0.2) is 4.79 Å². The van der Waals surface area contributed by atoms with E-state index in [-0.39, 0.29) is 30.3 Å². The van der Waals surface area contributed by atoms with Gasteiger partial charge in [0, 0.05) is 32.7 Å². The first-order valence-electron chi connectivity index (χ1n) is 7.95. The van der Waals surface area contributed by atoms with Gasteiger partial charge in [-0.15, -0.1) is 0 Å². The Kier molecular flexibility index (Phi) is 5.26. The van der Waals surface area contributed by atoms with Crippen LogP contribution in [-0.2, 0) is 9.59 Å². The van der Waals surface area contributed by atoms with E-state index in [1.165, 1.54) is 0 Å². The monoisotopic (exact) mass is 326 g/mol. The summed E-state index contributed by atoms with van der Waals surface area (Å²) in [7, 11) is 0. The van der Waals surface area contributed by atoms with Crippen LogP contribution < -0.4 is 5.32 Å². The van der Waals surface area contributed by atoms with Gasteiger partial charge >= 0.3 is 6.03 Å². The second-order valence-corrected chi connectivity index (χ2v) is 7.20. The number of β-amino-alcohol motifs (C(OH)–C–C–N with tert-alkyl or cyclic N) is 1. The minimum Gasteiger partial charge on any atom is -0.391 e. The molecule has 0 unspecified atom stereocenters. The molecule has 23 heavy (non-hydrogen) atoms. The first-order valence-corrected chi connectivity index (χ1v) is 7.95. The third kappa shape index (κ3) is 4.42. The summed E-state index contributed by atoms with van der Waals surface area (Å²) >= 11 is 0. The van der Waals surface area contributed by atoms with Crippen LogP contribution in [0.4, 0.5) is 4.79 Å². The van der Waals surface area contributed by atoms with Crippen LogP contribution in [0.1, 0.15) is 20.8 Å². The summed E-state index contributed by atoms with van der Waals surface area (Å²) in [5.41, 5.74) is -0.170. The number of aliphatic hydroxyl groups excluding tert-OH is 1. The standard InChI is InChI=1S/C15H26N4O4/c1-15(2,3)11(20)9-17-4-6-18(7-5-17)13(22)10-19-12(21)8-16-14(19)23/h11,20H,4-10H2,1-3H3,(H,16,23)/t11-/m1/s1. The first-order chi connectivity index (χ1) is 10.7. The summed E-state index contributed by atoms with van der Waals surface area (Å²) < 4.78 is 0. The van der Waals surface area contributed by atoms with Crippen molar-refractivity contribution in [1.29, 1.82) is 0 Å². The Balaban J connectivity index is 1.79. The molecule has 4 amide bonds. The van der Waals surface area contributed by atoms with Crippen molar-refractivity contribution >= 4 is 17.8 Å². The summed E-state index contributed by atoms with van der Waals surface area (Å²) in [5, 5.41) is 12.6. The van der Waals surface area contributed by atoms with Gasteiger partial charge in [-0.05, 0) is 5.41 Å². The van der Waals surface area contributed by atoms with E-state index in [9.17, 15) is 19.5 Å². The van der Waals surface area contributed by atoms with Crippen LogP contribution >= 0.6 is 0 Å². The number of hydrogen-bond acceptors (Lipinski definition) is 5. The predicted octanol–water partition coefficient (Wildman–Crippen LogP) is -0.911. The second-order valence-electron chi connectivity index (χ2n) is 7.20. The Morgan fingerprint density at radius 1 is 1.22 bits per heavy atom. The molecule has 0 aliphatic carbocycles. The molecule has 130 valence electrons. The van der Waals surface area contributed by atoms with Crippen molar-refractivity contribution < 1.29 is 19.5 Å². The number of amides is 4. The third-order valence-corrected chi connectivity index (χ3v) is 4.39. The molecular formula is C15H26N4O4. The zero-order valence-corrected chi connectivity index (χ0v) is 14.0. The van der Waals surface area contributed by atoms with Crippen molar-refractivity contribution in [3.8, 4) is 0 Å². The number of imide groups is 1. The van der Waals surface area contributed by atoms with Gasteiger partial charge in [-0.2, -0.15) is 0 Å². The molecule has 8 nitrogen and oxygen atoms in total. The molecule has 0 saturated carbocycles. The molecule has 2 heterocycles. The minimum absolute atomic E-state index is 0.0371. The van der Waals surface area contributed by atoms with Gasteiger partial charge in [0.15, 0.2) is 0 Å². The fourth-order valence-corrected chi connectivity index (χ4v) is 2.55. The highest BCUT2D eigenvalue weighted by Gasteiger charge is 2.33. The smallest absolute Gasteiger partial charge is 0.325 e. The van der Waals surface area contributed by atoms with Crippen LogP contribution in [-0.4, -0.2) is 89.6 Å². The van der Waals surface area contributed by atoms with E-state index < -0.39 is 12.1 Å². The average Bonchev–Trinajstić information content (AvgIpc) is 2.79. The van der Waals surface area contributed by atoms with Crippen molar-refractivity contribution in [2.24, 2.45) is 5.41 Å². The molecule has 2 aliphatic heterocycles. The number of nitrogens with zero attached hydrogens (tertiary/aromatic N) is 3. The van der Waals surface area contributed by atoms with Gasteiger partial charge in [-0.3, -0.25) is 19.4 Å². The number of urea groups is 1. The maximum absolute atomic E-state index is 12.2. The summed E-state index contributed by atoms with van der Waals surface area (Å²) in [5.74, 6) is -0.582. The SMILES string of the molecule is CC(C)(C)[C@H](O)CN1CCN(C(=O)CN2C(=O)CNC2=O)CC1. The number of nitrogens with one attached hydrogen (secondary N) is 1. The molecule has 0 aromatic carbocycles. The first kappa shape index (κ1) is 17.7. The van der Waals surface area contributed by atoms with E-state index in [1.54, 1.807) is 4.90 Å². The highest BCUT2D eigenvalue weighted by Crippen LogP contribution is 2.20. The fourth-order valence-electron chi connectivity index (χ4n) is 2.55. The van der Waals surface area contributed by atoms with Crippen LogP contribution in [0.2, 0.25) is 0 Å². The third-order valence-electron chi connectivity index (χ3n) is 4.39. The number of hydrogen-bond donors (Lipinski definition) is 2. The Morgan fingerprint density at radius 3 is 2.30 bits per heavy atom. The van der Waals surface area contributed by atoms with Crippen LogP contribution in [0.15, 0.2) is 0 Å². The van der Waals surface area contributed by atoms with Crippen LogP contribution in [0, 0.1) is 5.41 Å². The van der Waals surface area contributed by atoms with Crippen molar-refractivity contribution in [2.45, 2.75) is 26.9 Å². The van der Waals surface area contributed by atoms with E-state index >= 15 is 0 Å². The zero-order valence-electron chi connectivity index (χ0n) is 14.0. The quantitative estimate of drug-likeness (QED) is 0.653. The van der Waals surface area contributed by atoms with Crippen molar-refractivity contribution in [2.75, 3.05) is 45.8 Å². The Morgan fingerprint density at radius 2 is 1.83 bits per heavy atom. The maximum atomic E-state index is 12.2. The van der Waals surface area contributed by atoms with Crippen molar-refractivity contribution in [1.82, 2.24) is 20.0 Å². The molecule has 8 heteroatoms. The maximum Gasteiger partial charge on any atom is 0.325 e. The number of carbonyl (C=O) groups excluding carboxylic acids is 3. The van der Waals surface area contributed by atoms with E-state index in [0.29, 0.717) is 32.7 Å². The normalized spacial score (nSPS) is 21.6. The largest absolute Gasteiger partial charge is 0.391 e. The molecule has 2 fully saturated rings. The summed E-state index contributed by atoms with van der Waals surface area (Å²) in [4.78, 5) is 39.9. The zero-order chi connectivity index (χ0) is 17.2. The summed E-state index contributed by atoms with van der Waals surface area (Å²) in [6, 6.07) is -0.504. The second kappa shape index (κ2) is 6.84. The van der Waals surface area contributed by atoms with Crippen molar-refractivity contribution in [3.05, 3.63) is 0 Å². The van der Waals surface area contributed by atoms with Gasteiger partial charge in [0.25, 0.3) is 5.91 Å². The highest BCUT2D eigenvalue weighted by molar-refractivity contribution is 6.04. The number of carbonyl (C=O) groups is 3. The van der Waals surface area contributed by atoms with Crippen LogP contribution in [0.5, 0.6) is 0 Å². The molecular weight excluding hydrogens is 300 g/mol. The lowest BCUT2D eigenvalue weighted by Gasteiger charge is -2.38. The minimum atomic E-state index is -0.504. The molecule has 0 spiro atoms. The lowest BCUT2D eigenvalue weighted by Crippen LogP contribution is -2.53. The number of rotatable bonds is 4. The van der Waals surface area contributed by atoms with Crippen molar-refractivity contribution in [3.63, 3.8) is 0 Å². The molecule has 1 atom stereocenters. The molecule has 2 aliphatic rings. The van der Waals surface area contributed by atoms with E-state index in [1.807, 2.05) is 20.8 Å². The summed E-state index contributed by atoms with van der Waals surface area (Å²) in [6.45, 7) is 8.77. The number of aliphatic hydroxyl groups is 1. The van der Waals surface area contributed by atoms with Crippen LogP contribution in [0.3, 0.4) is 0 Å². The molecule has 0 bridgehead atoms. The summed E-state index contributed by atoms with van der Waals surface area (Å²) in [6.07, 6.45) is -0.421. The molecule has 2 N–H and O–H groups in total. The topological polar surface area (TPSA) is 93.2 Å². The predicted molar refractivity (Wildman–Crippen MR) is 83.6 cm³/mol. The van der Waals surface area contributed by atoms with Gasteiger partial charge in [0.05, 0.1) is 12.6 Å². The van der Waals surface area contributed by atoms with Gasteiger partial charge in [0.1, 0.15) is 6.54 Å². The van der Waals surface area contributed by atoms with Gasteiger partial charge < -0.3 is 15.3 Å². The van der Waals surface area contributed by atoms with E-state index in [4.69, 9.17) is 0 Å². The Labute approximate surface area is 136 Å². The van der Waals surface area contributed by atoms with E-state index in [2.05, 4.69) is 10.2 Å². The Hall–Kier alpha value is -1.67.